The number of methoxy groups -OCH3 is 2. The molecule has 0 fully saturated rings. The molecule has 0 aliphatic carbocycles. The summed E-state index contributed by atoms with van der Waals surface area (Å²) in [5.74, 6) is -0.0841. The van der Waals surface area contributed by atoms with Crippen molar-refractivity contribution in [3.8, 4) is 11.5 Å². The van der Waals surface area contributed by atoms with Crippen LogP contribution in [0, 0.1) is 6.92 Å². The lowest BCUT2D eigenvalue weighted by molar-refractivity contribution is 0.0738. The Labute approximate surface area is 223 Å². The Hall–Kier alpha value is -3.96. The van der Waals surface area contributed by atoms with Crippen LogP contribution in [0.25, 0.3) is 0 Å². The van der Waals surface area contributed by atoms with E-state index in [4.69, 9.17) is 9.47 Å². The van der Waals surface area contributed by atoms with E-state index in [0.29, 0.717) is 35.7 Å². The quantitative estimate of drug-likeness (QED) is 0.362. The maximum Gasteiger partial charge on any atom is 0.301 e. The predicted octanol–water partition coefficient (Wildman–Crippen LogP) is 2.88. The summed E-state index contributed by atoms with van der Waals surface area (Å²) in [4.78, 5) is 32.1. The van der Waals surface area contributed by atoms with E-state index in [1.54, 1.807) is 29.2 Å². The first kappa shape index (κ1) is 28.6. The number of carbonyl (C=O) groups is 2. The Kier molecular flexibility index (Phi) is 9.80. The van der Waals surface area contributed by atoms with E-state index in [1.807, 2.05) is 46.7 Å². The molecule has 0 bridgehead atoms. The Morgan fingerprint density at radius 3 is 2.24 bits per heavy atom. The van der Waals surface area contributed by atoms with E-state index < -0.39 is 16.1 Å². The summed E-state index contributed by atoms with van der Waals surface area (Å²) in [6.45, 7) is 2.36. The lowest BCUT2D eigenvalue weighted by Gasteiger charge is -2.24. The highest BCUT2D eigenvalue weighted by atomic mass is 32.2. The first-order valence-corrected chi connectivity index (χ1v) is 13.4. The van der Waals surface area contributed by atoms with Gasteiger partial charge in [0.25, 0.3) is 11.8 Å². The molecule has 10 nitrogen and oxygen atoms in total. The van der Waals surface area contributed by atoms with Gasteiger partial charge >= 0.3 is 10.2 Å². The van der Waals surface area contributed by atoms with E-state index in [2.05, 4.69) is 4.98 Å². The molecule has 0 radical (unpaired) electrons. The first-order chi connectivity index (χ1) is 18.2. The fourth-order valence-electron chi connectivity index (χ4n) is 3.88. The normalized spacial score (nSPS) is 11.1. The molecule has 202 valence electrons. The molecule has 2 amide bonds. The molecular formula is C27H32N4O6S. The first-order valence-electron chi connectivity index (χ1n) is 11.9. The molecule has 38 heavy (non-hydrogen) atoms. The molecule has 3 aromatic rings. The molecule has 0 atom stereocenters. The van der Waals surface area contributed by atoms with E-state index in [9.17, 15) is 18.0 Å². The van der Waals surface area contributed by atoms with Gasteiger partial charge in [0, 0.05) is 24.7 Å². The summed E-state index contributed by atoms with van der Waals surface area (Å²) in [5, 5.41) is 0. The van der Waals surface area contributed by atoms with Crippen molar-refractivity contribution in [1.29, 1.82) is 0 Å². The fraction of sp³-hybridized carbons (Fsp3) is 0.296. The molecule has 2 N–H and O–H groups in total. The standard InChI is InChI=1S/C27H32N4O6S/c1-19-24(36-3)16-21(17-25(19)37-4)27(33)31(15-9-12-20-10-6-5-7-11-20)18-22-13-8-14-23(29-22)26(32)30-38(34,35)28-2/h5-8,10-11,13-14,16-17,28H,9,12,15,18H2,1-4H3,(H,30,32). The smallest absolute Gasteiger partial charge is 0.301 e. The van der Waals surface area contributed by atoms with Gasteiger partial charge in [-0.3, -0.25) is 9.59 Å². The van der Waals surface area contributed by atoms with Crippen molar-refractivity contribution >= 4 is 22.0 Å². The van der Waals surface area contributed by atoms with Crippen molar-refractivity contribution in [3.63, 3.8) is 0 Å². The van der Waals surface area contributed by atoms with Crippen LogP contribution in [-0.2, 0) is 23.2 Å². The van der Waals surface area contributed by atoms with Crippen LogP contribution in [0.5, 0.6) is 11.5 Å². The number of rotatable bonds is 12. The van der Waals surface area contributed by atoms with E-state index >= 15 is 0 Å². The van der Waals surface area contributed by atoms with Crippen molar-refractivity contribution in [2.24, 2.45) is 0 Å². The summed E-state index contributed by atoms with van der Waals surface area (Å²) < 4.78 is 38.2. The second-order valence-electron chi connectivity index (χ2n) is 8.47. The summed E-state index contributed by atoms with van der Waals surface area (Å²) in [6.07, 6.45) is 1.46. The Balaban J connectivity index is 1.88. The van der Waals surface area contributed by atoms with Gasteiger partial charge < -0.3 is 14.4 Å². The van der Waals surface area contributed by atoms with Crippen LogP contribution < -0.4 is 18.9 Å². The SMILES string of the molecule is CNS(=O)(=O)NC(=O)c1cccc(CN(CCCc2ccccc2)C(=O)c2cc(OC)c(C)c(OC)c2)n1. The molecular weight excluding hydrogens is 508 g/mol. The maximum absolute atomic E-state index is 13.7. The predicted molar refractivity (Wildman–Crippen MR) is 143 cm³/mol. The lowest BCUT2D eigenvalue weighted by Crippen LogP contribution is -2.38. The summed E-state index contributed by atoms with van der Waals surface area (Å²) in [5.41, 5.74) is 2.66. The lowest BCUT2D eigenvalue weighted by atomic mass is 10.1. The molecule has 0 aliphatic rings. The molecule has 0 unspecified atom stereocenters. The molecule has 2 aromatic carbocycles. The topological polar surface area (TPSA) is 127 Å². The summed E-state index contributed by atoms with van der Waals surface area (Å²) >= 11 is 0. The highest BCUT2D eigenvalue weighted by Gasteiger charge is 2.21. The van der Waals surface area contributed by atoms with Crippen LogP contribution in [0.15, 0.2) is 60.7 Å². The molecule has 1 aromatic heterocycles. The average molecular weight is 541 g/mol. The molecule has 0 saturated heterocycles. The van der Waals surface area contributed by atoms with Crippen LogP contribution in [0.4, 0.5) is 0 Å². The zero-order valence-electron chi connectivity index (χ0n) is 21.9. The summed E-state index contributed by atoms with van der Waals surface area (Å²) in [7, 11) is 0.263. The van der Waals surface area contributed by atoms with Crippen LogP contribution in [0.1, 0.15) is 44.1 Å². The van der Waals surface area contributed by atoms with Crippen molar-refractivity contribution < 1.29 is 27.5 Å². The molecule has 11 heteroatoms. The van der Waals surface area contributed by atoms with E-state index in [-0.39, 0.29) is 18.1 Å². The second kappa shape index (κ2) is 13.0. The third kappa shape index (κ3) is 7.53. The van der Waals surface area contributed by atoms with Crippen molar-refractivity contribution in [2.45, 2.75) is 26.3 Å². The molecule has 3 rings (SSSR count). The zero-order chi connectivity index (χ0) is 27.7. The number of aryl methyl sites for hydroxylation is 1. The average Bonchev–Trinajstić information content (AvgIpc) is 2.92. The van der Waals surface area contributed by atoms with Gasteiger partial charge in [-0.2, -0.15) is 8.42 Å². The van der Waals surface area contributed by atoms with E-state index in [0.717, 1.165) is 17.5 Å². The number of hydrogen-bond acceptors (Lipinski definition) is 7. The Morgan fingerprint density at radius 1 is 0.974 bits per heavy atom. The number of nitrogens with zero attached hydrogens (tertiary/aromatic N) is 2. The van der Waals surface area contributed by atoms with E-state index in [1.165, 1.54) is 27.3 Å². The number of pyridine rings is 1. The van der Waals surface area contributed by atoms with Gasteiger partial charge in [-0.1, -0.05) is 36.4 Å². The van der Waals surface area contributed by atoms with Gasteiger partial charge in [-0.25, -0.2) is 14.4 Å². The largest absolute Gasteiger partial charge is 0.496 e. The van der Waals surface area contributed by atoms with Gasteiger partial charge in [-0.15, -0.1) is 0 Å². The number of nitrogens with one attached hydrogen (secondary N) is 2. The van der Waals surface area contributed by atoms with Gasteiger partial charge in [0.1, 0.15) is 17.2 Å². The van der Waals surface area contributed by atoms with Crippen molar-refractivity contribution in [3.05, 3.63) is 88.7 Å². The third-order valence-corrected chi connectivity index (χ3v) is 6.90. The molecule has 1 heterocycles. The number of amides is 2. The summed E-state index contributed by atoms with van der Waals surface area (Å²) in [6, 6.07) is 18.0. The van der Waals surface area contributed by atoms with Crippen LogP contribution in [0.3, 0.4) is 0 Å². The second-order valence-corrected chi connectivity index (χ2v) is 10.1. The van der Waals surface area contributed by atoms with Crippen LogP contribution in [-0.4, -0.2) is 57.9 Å². The monoisotopic (exact) mass is 540 g/mol. The minimum Gasteiger partial charge on any atom is -0.496 e. The number of ether oxygens (including phenoxy) is 2. The molecule has 0 spiro atoms. The number of aromatic nitrogens is 1. The third-order valence-electron chi connectivity index (χ3n) is 5.91. The van der Waals surface area contributed by atoms with Crippen molar-refractivity contribution in [2.75, 3.05) is 27.8 Å². The van der Waals surface area contributed by atoms with Gasteiger partial charge in [-0.05, 0) is 49.6 Å². The number of carbonyl (C=O) groups excluding carboxylic acids is 2. The fourth-order valence-corrected chi connectivity index (χ4v) is 4.33. The van der Waals surface area contributed by atoms with Crippen LogP contribution in [0.2, 0.25) is 0 Å². The number of benzene rings is 2. The Morgan fingerprint density at radius 2 is 1.63 bits per heavy atom. The molecule has 0 saturated carbocycles. The number of hydrogen-bond donors (Lipinski definition) is 2. The van der Waals surface area contributed by atoms with Crippen LogP contribution >= 0.6 is 0 Å². The van der Waals surface area contributed by atoms with Gasteiger partial charge in [0.15, 0.2) is 0 Å². The van der Waals surface area contributed by atoms with Crippen molar-refractivity contribution in [1.82, 2.24) is 19.3 Å². The maximum atomic E-state index is 13.7. The zero-order valence-corrected chi connectivity index (χ0v) is 22.7. The molecule has 0 aliphatic heterocycles. The highest BCUT2D eigenvalue weighted by Crippen LogP contribution is 2.30. The van der Waals surface area contributed by atoms with Gasteiger partial charge in [0.2, 0.25) is 0 Å². The van der Waals surface area contributed by atoms with Gasteiger partial charge in [0.05, 0.1) is 26.5 Å². The Bertz CT molecular complexity index is 1350. The minimum absolute atomic E-state index is 0.0864. The minimum atomic E-state index is -3.99. The highest BCUT2D eigenvalue weighted by molar-refractivity contribution is 7.88.